The van der Waals surface area contributed by atoms with Gasteiger partial charge in [0.2, 0.25) is 0 Å². The Morgan fingerprint density at radius 3 is 2.17 bits per heavy atom. The van der Waals surface area contributed by atoms with Crippen molar-refractivity contribution in [2.24, 2.45) is 0 Å². The maximum absolute atomic E-state index is 12.2. The molecule has 0 aromatic heterocycles. The summed E-state index contributed by atoms with van der Waals surface area (Å²) in [7, 11) is 3.12. The smallest absolute Gasteiger partial charge is 0.497 e. The monoisotopic (exact) mass is 350 g/mol. The number of carbonyl (C=O) groups is 1. The number of rotatable bonds is 4. The summed E-state index contributed by atoms with van der Waals surface area (Å²) in [6, 6.07) is 22.4. The van der Waals surface area contributed by atoms with E-state index in [9.17, 15) is 4.79 Å². The number of methoxy groups -OCH3 is 2. The molecule has 0 amide bonds. The Morgan fingerprint density at radius 2 is 1.70 bits per heavy atom. The van der Waals surface area contributed by atoms with Gasteiger partial charge in [-0.15, -0.1) is 11.6 Å². The quantitative estimate of drug-likeness (QED) is 0.404. The molecule has 0 aliphatic heterocycles. The average Bonchev–Trinajstić information content (AvgIpc) is 3.28. The maximum Gasteiger partial charge on any atom is 2.00 e. The minimum absolute atomic E-state index is 0. The second-order valence-corrected chi connectivity index (χ2v) is 4.53. The third-order valence-corrected chi connectivity index (χ3v) is 3.13. The van der Waals surface area contributed by atoms with Gasteiger partial charge in [-0.3, -0.25) is 0 Å². The van der Waals surface area contributed by atoms with Gasteiger partial charge in [0.1, 0.15) is 17.3 Å². The van der Waals surface area contributed by atoms with Crippen LogP contribution in [-0.4, -0.2) is 20.0 Å². The van der Waals surface area contributed by atoms with Gasteiger partial charge in [-0.25, -0.2) is 12.1 Å². The zero-order valence-corrected chi connectivity index (χ0v) is 14.1. The molecule has 23 heavy (non-hydrogen) atoms. The van der Waals surface area contributed by atoms with Crippen LogP contribution in [-0.2, 0) is 17.1 Å². The van der Waals surface area contributed by atoms with Crippen LogP contribution in [0.25, 0.3) is 0 Å². The molecule has 0 bridgehead atoms. The van der Waals surface area contributed by atoms with Crippen LogP contribution in [0, 0.1) is 0 Å². The Bertz CT molecular complexity index is 668. The zero-order chi connectivity index (χ0) is 15.8. The average molecular weight is 350 g/mol. The van der Waals surface area contributed by atoms with E-state index in [0.717, 1.165) is 0 Å². The molecule has 3 rings (SSSR count). The van der Waals surface area contributed by atoms with Crippen molar-refractivity contribution in [3.63, 3.8) is 0 Å². The van der Waals surface area contributed by atoms with E-state index >= 15 is 0 Å². The fourth-order valence-corrected chi connectivity index (χ4v) is 1.99. The molecule has 3 aromatic rings. The van der Waals surface area contributed by atoms with E-state index in [1.54, 1.807) is 37.4 Å². The van der Waals surface area contributed by atoms with Gasteiger partial charge in [0, 0.05) is 11.6 Å². The van der Waals surface area contributed by atoms with Crippen molar-refractivity contribution >= 4 is 5.78 Å². The van der Waals surface area contributed by atoms with Crippen LogP contribution in [0.3, 0.4) is 0 Å². The molecule has 0 aliphatic rings. The van der Waals surface area contributed by atoms with Crippen LogP contribution in [0.1, 0.15) is 15.9 Å². The Labute approximate surface area is 147 Å². The minimum Gasteiger partial charge on any atom is -0.497 e. The summed E-state index contributed by atoms with van der Waals surface area (Å²) in [6.45, 7) is 0. The third kappa shape index (κ3) is 5.13. The van der Waals surface area contributed by atoms with Gasteiger partial charge >= 0.3 is 17.1 Å². The summed E-state index contributed by atoms with van der Waals surface area (Å²) in [5, 5.41) is 0. The molecule has 0 atom stereocenters. The largest absolute Gasteiger partial charge is 2.00 e. The van der Waals surface area contributed by atoms with E-state index < -0.39 is 0 Å². The first-order chi connectivity index (χ1) is 10.8. The van der Waals surface area contributed by atoms with Crippen LogP contribution in [0.4, 0.5) is 0 Å². The van der Waals surface area contributed by atoms with Crippen LogP contribution in [0.15, 0.2) is 72.8 Å². The van der Waals surface area contributed by atoms with Crippen LogP contribution in [0.5, 0.6) is 11.5 Å². The van der Waals surface area contributed by atoms with Crippen molar-refractivity contribution in [1.82, 2.24) is 0 Å². The van der Waals surface area contributed by atoms with Gasteiger partial charge in [-0.05, 0) is 6.07 Å². The Hall–Kier alpha value is -2.29. The molecule has 0 unspecified atom stereocenters. The predicted molar refractivity (Wildman–Crippen MR) is 87.0 cm³/mol. The van der Waals surface area contributed by atoms with Crippen molar-refractivity contribution in [2.75, 3.05) is 14.2 Å². The topological polar surface area (TPSA) is 35.5 Å². The molecule has 0 saturated carbocycles. The Kier molecular flexibility index (Phi) is 7.89. The normalized spacial score (nSPS) is 9.13. The van der Waals surface area contributed by atoms with E-state index in [-0.39, 0.29) is 22.9 Å². The molecule has 120 valence electrons. The Morgan fingerprint density at radius 1 is 0.957 bits per heavy atom. The molecule has 3 aromatic carbocycles. The molecule has 0 fully saturated rings. The second-order valence-electron chi connectivity index (χ2n) is 4.53. The number of hydrogen-bond acceptors (Lipinski definition) is 3. The molecule has 0 spiro atoms. The molecule has 4 heteroatoms. The molecule has 0 aliphatic carbocycles. The van der Waals surface area contributed by atoms with Gasteiger partial charge in [0.25, 0.3) is 0 Å². The molecule has 0 saturated heterocycles. The maximum atomic E-state index is 12.2. The van der Waals surface area contributed by atoms with E-state index in [0.29, 0.717) is 22.6 Å². The van der Waals surface area contributed by atoms with E-state index in [1.165, 1.54) is 7.11 Å². The van der Waals surface area contributed by atoms with Gasteiger partial charge in [0.15, 0.2) is 0 Å². The summed E-state index contributed by atoms with van der Waals surface area (Å²) < 4.78 is 10.3. The Balaban J connectivity index is 0.000000377. The number of carbonyl (C=O) groups excluding carboxylic acids is 1. The van der Waals surface area contributed by atoms with Crippen molar-refractivity contribution in [3.8, 4) is 11.5 Å². The van der Waals surface area contributed by atoms with Gasteiger partial charge < -0.3 is 14.3 Å². The number of ether oxygens (including phenoxy) is 2. The molecular weight excluding hydrogens is 332 g/mol. The number of hydrogen-bond donors (Lipinski definition) is 0. The van der Waals surface area contributed by atoms with Gasteiger partial charge in [-0.2, -0.15) is 36.4 Å². The van der Waals surface area contributed by atoms with Gasteiger partial charge in [-0.1, -0.05) is 6.07 Å². The van der Waals surface area contributed by atoms with Crippen LogP contribution >= 0.6 is 0 Å². The van der Waals surface area contributed by atoms with Crippen LogP contribution in [0.2, 0.25) is 0 Å². The van der Waals surface area contributed by atoms with E-state index in [1.807, 2.05) is 42.5 Å². The summed E-state index contributed by atoms with van der Waals surface area (Å²) in [5.41, 5.74) is 1.20. The fraction of sp³-hybridized carbons (Fsp3) is 0.105. The van der Waals surface area contributed by atoms with E-state index in [4.69, 9.17) is 9.47 Å². The minimum atomic E-state index is -0.0468. The number of ketones is 1. The summed E-state index contributed by atoms with van der Waals surface area (Å²) in [4.78, 5) is 12.2. The molecule has 0 radical (unpaired) electrons. The van der Waals surface area contributed by atoms with Crippen LogP contribution < -0.4 is 9.47 Å². The van der Waals surface area contributed by atoms with E-state index in [2.05, 4.69) is 0 Å². The molecule has 0 N–H and O–H groups in total. The summed E-state index contributed by atoms with van der Waals surface area (Å²) in [5.74, 6) is 1.14. The molecule has 3 nitrogen and oxygen atoms in total. The first-order valence-electron chi connectivity index (χ1n) is 6.91. The fourth-order valence-electron chi connectivity index (χ4n) is 1.99. The summed E-state index contributed by atoms with van der Waals surface area (Å²) >= 11 is 0. The van der Waals surface area contributed by atoms with Gasteiger partial charge in [0.05, 0.1) is 14.2 Å². The first-order valence-corrected chi connectivity index (χ1v) is 6.91. The second kappa shape index (κ2) is 9.67. The first kappa shape index (κ1) is 18.8. The molecule has 0 heterocycles. The van der Waals surface area contributed by atoms with Crippen molar-refractivity contribution in [2.45, 2.75) is 0 Å². The van der Waals surface area contributed by atoms with Crippen molar-refractivity contribution < 1.29 is 31.3 Å². The molecular formula is C19H18FeO3. The van der Waals surface area contributed by atoms with Crippen molar-refractivity contribution in [1.29, 1.82) is 0 Å². The number of benzene rings is 1. The summed E-state index contributed by atoms with van der Waals surface area (Å²) in [6.07, 6.45) is 0. The predicted octanol–water partition coefficient (Wildman–Crippen LogP) is 4.06. The third-order valence-electron chi connectivity index (χ3n) is 3.13. The van der Waals surface area contributed by atoms with Crippen molar-refractivity contribution in [3.05, 3.63) is 83.9 Å². The zero-order valence-electron chi connectivity index (χ0n) is 13.0. The SMILES string of the molecule is COc1ccc(C(=O)c2ccc[cH-]2)c(OC)c1.[Fe+2].c1cc[cH-]c1. The standard InChI is InChI=1S/C14H13O3.C5H5.Fe/c1-16-11-7-8-12(13(9-11)17-2)14(15)10-5-3-4-6-10;1-2-4-5-3-1;/h3-9H,1-2H3;1-5H;/q2*-1;+2.